The highest BCUT2D eigenvalue weighted by Crippen LogP contribution is 2.38. The second kappa shape index (κ2) is 7.70. The van der Waals surface area contributed by atoms with Gasteiger partial charge < -0.3 is 9.80 Å². The fourth-order valence-electron chi connectivity index (χ4n) is 2.67. The molecule has 120 valence electrons. The maximum Gasteiger partial charge on any atom is 0.299 e. The van der Waals surface area contributed by atoms with Gasteiger partial charge in [0.1, 0.15) is 6.04 Å². The van der Waals surface area contributed by atoms with Crippen LogP contribution in [0.4, 0.5) is 0 Å². The SMILES string of the molecule is CC/C=C(\SI)N1CC2CC(C1=O)N2C(=O)C#CCN(C)C. The summed E-state index contributed by atoms with van der Waals surface area (Å²) in [6, 6.07) is -0.226. The Labute approximate surface area is 148 Å². The predicted molar refractivity (Wildman–Crippen MR) is 97.1 cm³/mol. The molecule has 0 N–H and O–H groups in total. The number of hydrogen-bond acceptors (Lipinski definition) is 4. The number of hydrogen-bond donors (Lipinski definition) is 0. The summed E-state index contributed by atoms with van der Waals surface area (Å²) in [5.41, 5.74) is 0. The number of allylic oxidation sites excluding steroid dienone is 1. The Balaban J connectivity index is 2.04. The van der Waals surface area contributed by atoms with Gasteiger partial charge in [0.05, 0.1) is 17.6 Å². The smallest absolute Gasteiger partial charge is 0.299 e. The van der Waals surface area contributed by atoms with Crippen molar-refractivity contribution < 1.29 is 9.59 Å². The Bertz CT molecular complexity index is 553. The monoisotopic (exact) mass is 433 g/mol. The number of amides is 2. The number of fused-ring (bicyclic) bond motifs is 2. The minimum atomic E-state index is -0.330. The van der Waals surface area contributed by atoms with Crippen molar-refractivity contribution in [2.24, 2.45) is 0 Å². The third-order valence-corrected chi connectivity index (χ3v) is 5.62. The van der Waals surface area contributed by atoms with Crippen LogP contribution in [-0.4, -0.2) is 65.8 Å². The van der Waals surface area contributed by atoms with Gasteiger partial charge >= 0.3 is 0 Å². The number of rotatable bonds is 4. The molecule has 5 nitrogen and oxygen atoms in total. The van der Waals surface area contributed by atoms with Gasteiger partial charge in [-0.25, -0.2) is 0 Å². The third-order valence-electron chi connectivity index (χ3n) is 3.72. The van der Waals surface area contributed by atoms with Crippen LogP contribution in [0.25, 0.3) is 0 Å². The number of piperazine rings is 1. The van der Waals surface area contributed by atoms with Crippen LogP contribution in [0.1, 0.15) is 19.8 Å². The molecule has 22 heavy (non-hydrogen) atoms. The summed E-state index contributed by atoms with van der Waals surface area (Å²) in [7, 11) is 5.36. The topological polar surface area (TPSA) is 43.9 Å². The van der Waals surface area contributed by atoms with Gasteiger partial charge in [0.25, 0.3) is 5.91 Å². The first-order chi connectivity index (χ1) is 10.5. The second-order valence-corrected chi connectivity index (χ2v) is 7.53. The van der Waals surface area contributed by atoms with E-state index in [4.69, 9.17) is 0 Å². The molecule has 2 bridgehead atoms. The van der Waals surface area contributed by atoms with Crippen LogP contribution in [0.5, 0.6) is 0 Å². The van der Waals surface area contributed by atoms with E-state index in [0.29, 0.717) is 13.1 Å². The predicted octanol–water partition coefficient (Wildman–Crippen LogP) is 1.70. The van der Waals surface area contributed by atoms with Gasteiger partial charge in [0.2, 0.25) is 5.91 Å². The van der Waals surface area contributed by atoms with Gasteiger partial charge in [-0.15, -0.1) is 0 Å². The van der Waals surface area contributed by atoms with E-state index < -0.39 is 0 Å². The van der Waals surface area contributed by atoms with Crippen molar-refractivity contribution in [2.75, 3.05) is 27.2 Å². The molecule has 0 aromatic carbocycles. The Morgan fingerprint density at radius 1 is 1.55 bits per heavy atom. The van der Waals surface area contributed by atoms with Gasteiger partial charge in [-0.3, -0.25) is 14.5 Å². The molecule has 0 aromatic heterocycles. The van der Waals surface area contributed by atoms with Crippen molar-refractivity contribution >= 4 is 42.0 Å². The molecule has 7 heteroatoms. The van der Waals surface area contributed by atoms with Crippen molar-refractivity contribution in [2.45, 2.75) is 31.8 Å². The molecular weight excluding hydrogens is 413 g/mol. The highest BCUT2D eigenvalue weighted by molar-refractivity contribution is 14.2. The molecule has 3 aliphatic rings. The van der Waals surface area contributed by atoms with E-state index in [2.05, 4.69) is 46.0 Å². The molecule has 0 saturated carbocycles. The Hall–Kier alpha value is -0.720. The van der Waals surface area contributed by atoms with Gasteiger partial charge in [-0.1, -0.05) is 18.9 Å². The van der Waals surface area contributed by atoms with E-state index >= 15 is 0 Å². The van der Waals surface area contributed by atoms with E-state index in [1.807, 2.05) is 23.9 Å². The highest BCUT2D eigenvalue weighted by Gasteiger charge is 2.52. The summed E-state index contributed by atoms with van der Waals surface area (Å²) in [5.74, 6) is 5.30. The summed E-state index contributed by atoms with van der Waals surface area (Å²) in [6.45, 7) is 3.18. The number of piperidine rings is 1. The van der Waals surface area contributed by atoms with Crippen LogP contribution in [0.15, 0.2) is 11.1 Å². The van der Waals surface area contributed by atoms with Crippen molar-refractivity contribution in [3.8, 4) is 11.8 Å². The fraction of sp³-hybridized carbons (Fsp3) is 0.600. The highest BCUT2D eigenvalue weighted by atomic mass is 127. The molecule has 0 radical (unpaired) electrons. The minimum absolute atomic E-state index is 0.0223. The number of carbonyl (C=O) groups is 2. The Morgan fingerprint density at radius 2 is 2.27 bits per heavy atom. The average molecular weight is 433 g/mol. The Morgan fingerprint density at radius 3 is 2.82 bits per heavy atom. The molecule has 3 saturated heterocycles. The lowest BCUT2D eigenvalue weighted by atomic mass is 9.86. The maximum absolute atomic E-state index is 12.6. The van der Waals surface area contributed by atoms with Crippen LogP contribution < -0.4 is 0 Å². The standard InChI is InChI=1S/C15H20IN3O2S/c1-4-6-14(22-16)18-10-11-9-12(15(18)21)19(11)13(20)7-5-8-17(2)3/h6,11-12H,4,8-10H2,1-3H3/b14-6-. The van der Waals surface area contributed by atoms with Crippen molar-refractivity contribution in [3.05, 3.63) is 11.1 Å². The normalized spacial score (nSPS) is 24.0. The van der Waals surface area contributed by atoms with Crippen molar-refractivity contribution in [1.29, 1.82) is 0 Å². The van der Waals surface area contributed by atoms with Gasteiger partial charge in [0, 0.05) is 27.8 Å². The lowest BCUT2D eigenvalue weighted by molar-refractivity contribution is -0.164. The zero-order chi connectivity index (χ0) is 16.3. The molecule has 3 rings (SSSR count). The molecule has 3 heterocycles. The zero-order valence-electron chi connectivity index (χ0n) is 13.0. The molecule has 0 aliphatic carbocycles. The summed E-state index contributed by atoms with van der Waals surface area (Å²) in [6.07, 6.45) is 3.72. The van der Waals surface area contributed by atoms with E-state index in [1.54, 1.807) is 13.8 Å². The minimum Gasteiger partial charge on any atom is -0.315 e. The van der Waals surface area contributed by atoms with E-state index in [0.717, 1.165) is 17.9 Å². The molecular formula is C15H20IN3O2S. The van der Waals surface area contributed by atoms with Gasteiger partial charge in [0.15, 0.2) is 0 Å². The Kier molecular flexibility index (Phi) is 6.17. The first-order valence-corrected chi connectivity index (χ1v) is 10.6. The number of halogens is 1. The first kappa shape index (κ1) is 17.6. The molecule has 3 aliphatic heterocycles. The fourth-order valence-corrected chi connectivity index (χ4v) is 4.40. The van der Waals surface area contributed by atoms with Crippen LogP contribution in [0.2, 0.25) is 0 Å². The van der Waals surface area contributed by atoms with Crippen LogP contribution in [0, 0.1) is 11.8 Å². The summed E-state index contributed by atoms with van der Waals surface area (Å²) in [5, 5.41) is 0.980. The van der Waals surface area contributed by atoms with Crippen molar-refractivity contribution in [1.82, 2.24) is 14.7 Å². The zero-order valence-corrected chi connectivity index (χ0v) is 16.0. The summed E-state index contributed by atoms with van der Waals surface area (Å²) >= 11 is 2.20. The number of carbonyl (C=O) groups excluding carboxylic acids is 2. The summed E-state index contributed by atoms with van der Waals surface area (Å²) in [4.78, 5) is 30.1. The molecule has 0 aromatic rings. The maximum atomic E-state index is 12.6. The third kappa shape index (κ3) is 3.60. The van der Waals surface area contributed by atoms with Crippen LogP contribution >= 0.6 is 30.1 Å². The van der Waals surface area contributed by atoms with E-state index in [-0.39, 0.29) is 23.9 Å². The molecule has 2 amide bonds. The summed E-state index contributed by atoms with van der Waals surface area (Å²) < 4.78 is 0. The molecule has 3 fully saturated rings. The van der Waals surface area contributed by atoms with Gasteiger partial charge in [-0.2, -0.15) is 0 Å². The second-order valence-electron chi connectivity index (χ2n) is 5.63. The van der Waals surface area contributed by atoms with E-state index in [1.165, 1.54) is 0 Å². The largest absolute Gasteiger partial charge is 0.315 e. The lowest BCUT2D eigenvalue weighted by Gasteiger charge is -2.54. The van der Waals surface area contributed by atoms with Gasteiger partial charge in [-0.05, 0) is 41.8 Å². The molecule has 2 unspecified atom stereocenters. The van der Waals surface area contributed by atoms with E-state index in [9.17, 15) is 9.59 Å². The first-order valence-electron chi connectivity index (χ1n) is 7.25. The van der Waals surface area contributed by atoms with Crippen LogP contribution in [-0.2, 0) is 9.59 Å². The molecule has 2 atom stereocenters. The lowest BCUT2D eigenvalue weighted by Crippen LogP contribution is -2.72. The van der Waals surface area contributed by atoms with Crippen LogP contribution in [0.3, 0.4) is 0 Å². The quantitative estimate of drug-likeness (QED) is 0.500. The number of nitrogens with zero attached hydrogens (tertiary/aromatic N) is 3. The molecule has 0 spiro atoms. The van der Waals surface area contributed by atoms with Crippen molar-refractivity contribution in [3.63, 3.8) is 0 Å². The average Bonchev–Trinajstić information content (AvgIpc) is 2.44.